The van der Waals surface area contributed by atoms with Gasteiger partial charge in [-0.05, 0) is 31.2 Å². The van der Waals surface area contributed by atoms with Gasteiger partial charge in [0.15, 0.2) is 0 Å². The van der Waals surface area contributed by atoms with Crippen LogP contribution in [0.4, 0.5) is 0 Å². The first-order valence-electron chi connectivity index (χ1n) is 9.19. The first-order chi connectivity index (χ1) is 11.6. The van der Waals surface area contributed by atoms with Gasteiger partial charge in [-0.3, -0.25) is 9.59 Å². The van der Waals surface area contributed by atoms with Gasteiger partial charge in [-0.1, -0.05) is 43.2 Å². The number of amides is 2. The third-order valence-corrected chi connectivity index (χ3v) is 5.86. The van der Waals surface area contributed by atoms with E-state index in [2.05, 4.69) is 29.6 Å². The Kier molecular flexibility index (Phi) is 5.22. The molecule has 4 nitrogen and oxygen atoms in total. The number of nitrogens with zero attached hydrogens (tertiary/aromatic N) is 1. The minimum atomic E-state index is 0.0508. The summed E-state index contributed by atoms with van der Waals surface area (Å²) in [7, 11) is 0. The summed E-state index contributed by atoms with van der Waals surface area (Å²) in [6.07, 6.45) is 6.34. The maximum atomic E-state index is 12.6. The average molecular weight is 328 g/mol. The maximum Gasteiger partial charge on any atom is 0.223 e. The molecule has 1 aromatic carbocycles. The van der Waals surface area contributed by atoms with Crippen LogP contribution in [0.5, 0.6) is 0 Å². The van der Waals surface area contributed by atoms with E-state index in [0.717, 1.165) is 32.2 Å². The third-order valence-electron chi connectivity index (χ3n) is 5.86. The fourth-order valence-corrected chi connectivity index (χ4v) is 4.27. The molecule has 2 amide bonds. The standard InChI is InChI=1S/C20H28N2O2/c1-16(23)22-13-9-17(10-14-22)19(24)21-15-20(11-5-6-12-20)18-7-3-2-4-8-18/h2-4,7-8,17H,5-6,9-15H2,1H3,(H,21,24). The molecule has 0 radical (unpaired) electrons. The van der Waals surface area contributed by atoms with Gasteiger partial charge in [0.1, 0.15) is 0 Å². The van der Waals surface area contributed by atoms with Gasteiger partial charge in [0, 0.05) is 37.9 Å². The van der Waals surface area contributed by atoms with Crippen molar-refractivity contribution in [3.8, 4) is 0 Å². The van der Waals surface area contributed by atoms with E-state index in [9.17, 15) is 9.59 Å². The third kappa shape index (κ3) is 3.63. The summed E-state index contributed by atoms with van der Waals surface area (Å²) in [5.41, 5.74) is 1.46. The summed E-state index contributed by atoms with van der Waals surface area (Å²) in [6, 6.07) is 10.6. The summed E-state index contributed by atoms with van der Waals surface area (Å²) < 4.78 is 0. The Morgan fingerprint density at radius 2 is 1.75 bits per heavy atom. The topological polar surface area (TPSA) is 49.4 Å². The number of hydrogen-bond acceptors (Lipinski definition) is 2. The average Bonchev–Trinajstić information content (AvgIpc) is 3.11. The van der Waals surface area contributed by atoms with E-state index in [4.69, 9.17) is 0 Å². The van der Waals surface area contributed by atoms with Crippen molar-refractivity contribution in [1.29, 1.82) is 0 Å². The predicted molar refractivity (Wildman–Crippen MR) is 94.6 cm³/mol. The number of likely N-dealkylation sites (tertiary alicyclic amines) is 1. The summed E-state index contributed by atoms with van der Waals surface area (Å²) in [6.45, 7) is 3.75. The van der Waals surface area contributed by atoms with Gasteiger partial charge < -0.3 is 10.2 Å². The van der Waals surface area contributed by atoms with E-state index < -0.39 is 0 Å². The van der Waals surface area contributed by atoms with Crippen LogP contribution in [0.3, 0.4) is 0 Å². The minimum absolute atomic E-state index is 0.0508. The quantitative estimate of drug-likeness (QED) is 0.924. The lowest BCUT2D eigenvalue weighted by atomic mass is 9.78. The summed E-state index contributed by atoms with van der Waals surface area (Å²) >= 11 is 0. The SMILES string of the molecule is CC(=O)N1CCC(C(=O)NCC2(c3ccccc3)CCCC2)CC1. The Balaban J connectivity index is 1.58. The molecule has 24 heavy (non-hydrogen) atoms. The first-order valence-corrected chi connectivity index (χ1v) is 9.19. The number of carbonyl (C=O) groups excluding carboxylic acids is 2. The largest absolute Gasteiger partial charge is 0.355 e. The monoisotopic (exact) mass is 328 g/mol. The molecule has 0 unspecified atom stereocenters. The summed E-state index contributed by atoms with van der Waals surface area (Å²) in [4.78, 5) is 25.8. The molecule has 0 atom stereocenters. The van der Waals surface area contributed by atoms with E-state index in [1.165, 1.54) is 18.4 Å². The molecule has 2 aliphatic rings. The molecular weight excluding hydrogens is 300 g/mol. The van der Waals surface area contributed by atoms with Crippen molar-refractivity contribution in [3.05, 3.63) is 35.9 Å². The number of nitrogens with one attached hydrogen (secondary N) is 1. The van der Waals surface area contributed by atoms with Gasteiger partial charge in [-0.2, -0.15) is 0 Å². The van der Waals surface area contributed by atoms with Crippen molar-refractivity contribution in [2.45, 2.75) is 50.9 Å². The molecule has 3 rings (SSSR count). The van der Waals surface area contributed by atoms with Crippen molar-refractivity contribution < 1.29 is 9.59 Å². The van der Waals surface area contributed by atoms with E-state index in [1.54, 1.807) is 6.92 Å². The maximum absolute atomic E-state index is 12.6. The van der Waals surface area contributed by atoms with Crippen molar-refractivity contribution in [2.24, 2.45) is 5.92 Å². The molecular formula is C20H28N2O2. The second kappa shape index (κ2) is 7.37. The van der Waals surface area contributed by atoms with E-state index in [1.807, 2.05) is 11.0 Å². The normalized spacial score (nSPS) is 20.8. The van der Waals surface area contributed by atoms with Crippen molar-refractivity contribution >= 4 is 11.8 Å². The van der Waals surface area contributed by atoms with Crippen molar-refractivity contribution in [1.82, 2.24) is 10.2 Å². The first kappa shape index (κ1) is 17.0. The van der Waals surface area contributed by atoms with Crippen LogP contribution in [0.25, 0.3) is 0 Å². The van der Waals surface area contributed by atoms with E-state index in [0.29, 0.717) is 13.1 Å². The molecule has 130 valence electrons. The molecule has 0 aromatic heterocycles. The van der Waals surface area contributed by atoms with Gasteiger partial charge in [0.05, 0.1) is 0 Å². The molecule has 1 aliphatic carbocycles. The Morgan fingerprint density at radius 3 is 2.33 bits per heavy atom. The molecule has 1 heterocycles. The van der Waals surface area contributed by atoms with Crippen LogP contribution in [0, 0.1) is 5.92 Å². The Labute approximate surface area is 144 Å². The van der Waals surface area contributed by atoms with Crippen LogP contribution in [0.1, 0.15) is 51.0 Å². The Bertz CT molecular complexity index is 571. The highest BCUT2D eigenvalue weighted by Crippen LogP contribution is 2.40. The zero-order chi connectivity index (χ0) is 17.0. The molecule has 2 fully saturated rings. The van der Waals surface area contributed by atoms with Crippen LogP contribution in [0.15, 0.2) is 30.3 Å². The number of benzene rings is 1. The lowest BCUT2D eigenvalue weighted by Gasteiger charge is -2.33. The minimum Gasteiger partial charge on any atom is -0.355 e. The fraction of sp³-hybridized carbons (Fsp3) is 0.600. The van der Waals surface area contributed by atoms with Crippen LogP contribution >= 0.6 is 0 Å². The molecule has 4 heteroatoms. The van der Waals surface area contributed by atoms with Gasteiger partial charge in [0.25, 0.3) is 0 Å². The van der Waals surface area contributed by atoms with Crippen molar-refractivity contribution in [3.63, 3.8) is 0 Å². The highest BCUT2D eigenvalue weighted by molar-refractivity contribution is 5.79. The molecule has 1 aromatic rings. The van der Waals surface area contributed by atoms with Gasteiger partial charge >= 0.3 is 0 Å². The van der Waals surface area contributed by atoms with E-state index >= 15 is 0 Å². The number of rotatable bonds is 4. The molecule has 1 aliphatic heterocycles. The molecule has 1 saturated heterocycles. The van der Waals surface area contributed by atoms with Crippen LogP contribution < -0.4 is 5.32 Å². The number of hydrogen-bond donors (Lipinski definition) is 1. The summed E-state index contributed by atoms with van der Waals surface area (Å²) in [5, 5.41) is 3.24. The molecule has 1 saturated carbocycles. The van der Waals surface area contributed by atoms with Gasteiger partial charge in [-0.15, -0.1) is 0 Å². The second-order valence-electron chi connectivity index (χ2n) is 7.35. The van der Waals surface area contributed by atoms with E-state index in [-0.39, 0.29) is 23.1 Å². The van der Waals surface area contributed by atoms with Gasteiger partial charge in [-0.25, -0.2) is 0 Å². The number of carbonyl (C=O) groups is 2. The lowest BCUT2D eigenvalue weighted by Crippen LogP contribution is -2.45. The molecule has 0 bridgehead atoms. The van der Waals surface area contributed by atoms with Crippen LogP contribution in [-0.4, -0.2) is 36.3 Å². The smallest absolute Gasteiger partial charge is 0.223 e. The molecule has 0 spiro atoms. The van der Waals surface area contributed by atoms with Crippen LogP contribution in [0.2, 0.25) is 0 Å². The van der Waals surface area contributed by atoms with Gasteiger partial charge in [0.2, 0.25) is 11.8 Å². The second-order valence-corrected chi connectivity index (χ2v) is 7.35. The highest BCUT2D eigenvalue weighted by atomic mass is 16.2. The Hall–Kier alpha value is -1.84. The van der Waals surface area contributed by atoms with Crippen molar-refractivity contribution in [2.75, 3.05) is 19.6 Å². The zero-order valence-electron chi connectivity index (χ0n) is 14.6. The molecule has 1 N–H and O–H groups in total. The number of piperidine rings is 1. The van der Waals surface area contributed by atoms with Crippen LogP contribution in [-0.2, 0) is 15.0 Å². The lowest BCUT2D eigenvalue weighted by molar-refractivity contribution is -0.134. The fourth-order valence-electron chi connectivity index (χ4n) is 4.27. The summed E-state index contributed by atoms with van der Waals surface area (Å²) in [5.74, 6) is 0.332. The Morgan fingerprint density at radius 1 is 1.12 bits per heavy atom. The zero-order valence-corrected chi connectivity index (χ0v) is 14.6. The predicted octanol–water partition coefficient (Wildman–Crippen LogP) is 2.87. The highest BCUT2D eigenvalue weighted by Gasteiger charge is 2.36.